The number of allylic oxidation sites excluding steroid dienone is 1. The van der Waals surface area contributed by atoms with Gasteiger partial charge < -0.3 is 18.9 Å². The largest absolute Gasteiger partial charge is 0.497 e. The van der Waals surface area contributed by atoms with Crippen LogP contribution in [0.25, 0.3) is 6.08 Å². The molecule has 24 heavy (non-hydrogen) atoms. The molecule has 2 aromatic carbocycles. The van der Waals surface area contributed by atoms with Crippen molar-refractivity contribution in [1.82, 2.24) is 0 Å². The van der Waals surface area contributed by atoms with E-state index in [4.69, 9.17) is 18.9 Å². The van der Waals surface area contributed by atoms with Crippen molar-refractivity contribution in [2.45, 2.75) is 0 Å². The quantitative estimate of drug-likeness (QED) is 0.574. The number of methoxy groups -OCH3 is 4. The molecule has 0 saturated carbocycles. The van der Waals surface area contributed by atoms with Gasteiger partial charge in [-0.2, -0.15) is 0 Å². The molecular formula is C19H20O5. The molecule has 0 amide bonds. The molecule has 5 nitrogen and oxygen atoms in total. The molecule has 0 radical (unpaired) electrons. The fraction of sp³-hybridized carbons (Fsp3) is 0.211. The number of carbonyl (C=O) groups excluding carboxylic acids is 1. The van der Waals surface area contributed by atoms with E-state index in [9.17, 15) is 4.79 Å². The second-order valence-corrected chi connectivity index (χ2v) is 4.85. The summed E-state index contributed by atoms with van der Waals surface area (Å²) in [4.78, 5) is 12.3. The summed E-state index contributed by atoms with van der Waals surface area (Å²) in [5, 5.41) is 0. The highest BCUT2D eigenvalue weighted by Crippen LogP contribution is 2.40. The number of ether oxygens (including phenoxy) is 4. The second kappa shape index (κ2) is 8.06. The first-order valence-corrected chi connectivity index (χ1v) is 7.30. The van der Waals surface area contributed by atoms with Gasteiger partial charge in [-0.15, -0.1) is 0 Å². The van der Waals surface area contributed by atoms with Gasteiger partial charge in [0.15, 0.2) is 17.3 Å². The maximum Gasteiger partial charge on any atom is 0.203 e. The molecule has 5 heteroatoms. The molecule has 0 aliphatic rings. The van der Waals surface area contributed by atoms with Crippen LogP contribution in [0.15, 0.2) is 42.5 Å². The van der Waals surface area contributed by atoms with Crippen LogP contribution >= 0.6 is 0 Å². The molecule has 0 aliphatic heterocycles. The third kappa shape index (κ3) is 3.68. The normalized spacial score (nSPS) is 10.5. The fourth-order valence-corrected chi connectivity index (χ4v) is 2.29. The molecule has 0 bridgehead atoms. The maximum atomic E-state index is 12.3. The third-order valence-corrected chi connectivity index (χ3v) is 3.50. The summed E-state index contributed by atoms with van der Waals surface area (Å²) in [7, 11) is 6.20. The van der Waals surface area contributed by atoms with Gasteiger partial charge in [0.1, 0.15) is 5.75 Å². The lowest BCUT2D eigenvalue weighted by Crippen LogP contribution is -1.98. The molecule has 0 spiro atoms. The van der Waals surface area contributed by atoms with Crippen LogP contribution in [0, 0.1) is 0 Å². The minimum atomic E-state index is -0.134. The van der Waals surface area contributed by atoms with E-state index >= 15 is 0 Å². The Balaban J connectivity index is 2.32. The Bertz CT molecular complexity index is 749. The van der Waals surface area contributed by atoms with E-state index in [0.29, 0.717) is 34.1 Å². The first-order chi connectivity index (χ1) is 11.6. The Kier molecular flexibility index (Phi) is 5.84. The van der Waals surface area contributed by atoms with Crippen LogP contribution in [0.1, 0.15) is 15.9 Å². The molecule has 126 valence electrons. The van der Waals surface area contributed by atoms with Crippen molar-refractivity contribution in [2.24, 2.45) is 0 Å². The second-order valence-electron chi connectivity index (χ2n) is 4.85. The highest BCUT2D eigenvalue weighted by atomic mass is 16.5. The molecular weight excluding hydrogens is 308 g/mol. The summed E-state index contributed by atoms with van der Waals surface area (Å²) in [5.41, 5.74) is 1.26. The van der Waals surface area contributed by atoms with Gasteiger partial charge in [0.05, 0.1) is 28.4 Å². The molecule has 0 fully saturated rings. The van der Waals surface area contributed by atoms with E-state index in [-0.39, 0.29) is 5.78 Å². The number of benzene rings is 2. The number of carbonyl (C=O) groups is 1. The minimum Gasteiger partial charge on any atom is -0.497 e. The zero-order chi connectivity index (χ0) is 17.5. The van der Waals surface area contributed by atoms with E-state index in [0.717, 1.165) is 0 Å². The van der Waals surface area contributed by atoms with Gasteiger partial charge in [-0.25, -0.2) is 0 Å². The van der Waals surface area contributed by atoms with Crippen LogP contribution < -0.4 is 18.9 Å². The van der Waals surface area contributed by atoms with Crippen molar-refractivity contribution in [3.63, 3.8) is 0 Å². The standard InChI is InChI=1S/C19H20O5/c1-21-15-7-5-6-14(12-15)16(20)10-8-13-9-11-17(22-2)19(24-4)18(13)23-3/h5-12H,1-4H3/b10-8+. The Morgan fingerprint density at radius 3 is 2.25 bits per heavy atom. The lowest BCUT2D eigenvalue weighted by atomic mass is 10.1. The third-order valence-electron chi connectivity index (χ3n) is 3.50. The van der Waals surface area contributed by atoms with Crippen molar-refractivity contribution >= 4 is 11.9 Å². The zero-order valence-electron chi connectivity index (χ0n) is 14.2. The summed E-state index contributed by atoms with van der Waals surface area (Å²) in [6.07, 6.45) is 3.17. The van der Waals surface area contributed by atoms with Crippen molar-refractivity contribution in [3.05, 3.63) is 53.6 Å². The summed E-state index contributed by atoms with van der Waals surface area (Å²) in [6, 6.07) is 10.6. The highest BCUT2D eigenvalue weighted by Gasteiger charge is 2.14. The molecule has 0 heterocycles. The van der Waals surface area contributed by atoms with Crippen LogP contribution in [0.5, 0.6) is 23.0 Å². The number of hydrogen-bond acceptors (Lipinski definition) is 5. The monoisotopic (exact) mass is 328 g/mol. The van der Waals surface area contributed by atoms with Crippen molar-refractivity contribution in [1.29, 1.82) is 0 Å². The summed E-state index contributed by atoms with van der Waals surface area (Å²) < 4.78 is 21.1. The predicted molar refractivity (Wildman–Crippen MR) is 92.5 cm³/mol. The van der Waals surface area contributed by atoms with Gasteiger partial charge in [-0.05, 0) is 36.4 Å². The number of ketones is 1. The first-order valence-electron chi connectivity index (χ1n) is 7.30. The smallest absolute Gasteiger partial charge is 0.203 e. The minimum absolute atomic E-state index is 0.134. The SMILES string of the molecule is COc1cccc(C(=O)/C=C/c2ccc(OC)c(OC)c2OC)c1. The average molecular weight is 328 g/mol. The molecule has 0 saturated heterocycles. The fourth-order valence-electron chi connectivity index (χ4n) is 2.29. The van der Waals surface area contributed by atoms with Crippen LogP contribution in [0.2, 0.25) is 0 Å². The van der Waals surface area contributed by atoms with E-state index in [1.807, 2.05) is 0 Å². The molecule has 2 rings (SSSR count). The van der Waals surface area contributed by atoms with E-state index in [2.05, 4.69) is 0 Å². The summed E-state index contributed by atoms with van der Waals surface area (Å²) in [6.45, 7) is 0. The number of rotatable bonds is 7. The van der Waals surface area contributed by atoms with Crippen molar-refractivity contribution in [2.75, 3.05) is 28.4 Å². The van der Waals surface area contributed by atoms with Gasteiger partial charge in [0, 0.05) is 11.1 Å². The first kappa shape index (κ1) is 17.4. The van der Waals surface area contributed by atoms with Crippen LogP contribution in [0.3, 0.4) is 0 Å². The van der Waals surface area contributed by atoms with Gasteiger partial charge in [-0.1, -0.05) is 12.1 Å². The Morgan fingerprint density at radius 1 is 0.875 bits per heavy atom. The maximum absolute atomic E-state index is 12.3. The van der Waals surface area contributed by atoms with Crippen molar-refractivity contribution < 1.29 is 23.7 Å². The summed E-state index contributed by atoms with van der Waals surface area (Å²) in [5.74, 6) is 2.05. The average Bonchev–Trinajstić information content (AvgIpc) is 2.64. The van der Waals surface area contributed by atoms with E-state index in [1.54, 1.807) is 63.8 Å². The lowest BCUT2D eigenvalue weighted by Gasteiger charge is -2.13. The Labute approximate surface area is 141 Å². The molecule has 0 atom stereocenters. The molecule has 0 N–H and O–H groups in total. The molecule has 0 aromatic heterocycles. The van der Waals surface area contributed by atoms with Crippen LogP contribution in [-0.4, -0.2) is 34.2 Å². The molecule has 2 aromatic rings. The zero-order valence-corrected chi connectivity index (χ0v) is 14.2. The van der Waals surface area contributed by atoms with Crippen LogP contribution in [0.4, 0.5) is 0 Å². The van der Waals surface area contributed by atoms with E-state index in [1.165, 1.54) is 13.2 Å². The van der Waals surface area contributed by atoms with Crippen LogP contribution in [-0.2, 0) is 0 Å². The molecule has 0 aliphatic carbocycles. The Hall–Kier alpha value is -2.95. The Morgan fingerprint density at radius 2 is 1.62 bits per heavy atom. The highest BCUT2D eigenvalue weighted by molar-refractivity contribution is 6.07. The summed E-state index contributed by atoms with van der Waals surface area (Å²) >= 11 is 0. The predicted octanol–water partition coefficient (Wildman–Crippen LogP) is 3.62. The van der Waals surface area contributed by atoms with Crippen molar-refractivity contribution in [3.8, 4) is 23.0 Å². The number of hydrogen-bond donors (Lipinski definition) is 0. The van der Waals surface area contributed by atoms with E-state index < -0.39 is 0 Å². The van der Waals surface area contributed by atoms with Gasteiger partial charge in [-0.3, -0.25) is 4.79 Å². The van der Waals surface area contributed by atoms with Gasteiger partial charge in [0.2, 0.25) is 5.75 Å². The van der Waals surface area contributed by atoms with Gasteiger partial charge >= 0.3 is 0 Å². The lowest BCUT2D eigenvalue weighted by molar-refractivity contribution is 0.104. The van der Waals surface area contributed by atoms with Gasteiger partial charge in [0.25, 0.3) is 0 Å². The molecule has 0 unspecified atom stereocenters. The topological polar surface area (TPSA) is 54.0 Å².